The number of carbonyl (C=O) groups excluding carboxylic acids is 1. The third-order valence-electron chi connectivity index (χ3n) is 4.56. The normalized spacial score (nSPS) is 10.5. The first-order valence-electron chi connectivity index (χ1n) is 9.89. The number of nitrogens with two attached hydrogens (primary N) is 1. The van der Waals surface area contributed by atoms with Crippen LogP contribution in [0.25, 0.3) is 11.4 Å². The highest BCUT2D eigenvalue weighted by Crippen LogP contribution is 2.29. The second kappa shape index (κ2) is 11.0. The molecule has 2 aromatic carbocycles. The molecule has 3 aromatic rings. The van der Waals surface area contributed by atoms with Crippen molar-refractivity contribution in [3.8, 4) is 11.4 Å². The first kappa shape index (κ1) is 24.3. The summed E-state index contributed by atoms with van der Waals surface area (Å²) in [6, 6.07) is 11.6. The molecular formula is C22H23ClFN7OS. The highest BCUT2D eigenvalue weighted by Gasteiger charge is 2.15. The number of anilines is 3. The average Bonchev–Trinajstić information content (AvgIpc) is 2.79. The molecule has 1 aromatic heterocycles. The van der Waals surface area contributed by atoms with Crippen LogP contribution in [0.15, 0.2) is 47.4 Å². The maximum Gasteiger partial charge on any atom is 0.209 e. The Hall–Kier alpha value is -3.37. The number of halogens is 2. The molecule has 0 aliphatic carbocycles. The Kier molecular flexibility index (Phi) is 8.07. The number of rotatable bonds is 10. The van der Waals surface area contributed by atoms with Gasteiger partial charge >= 0.3 is 0 Å². The molecule has 3 rings (SSSR count). The number of aromatic nitrogens is 2. The maximum absolute atomic E-state index is 13.9. The lowest BCUT2D eigenvalue weighted by Gasteiger charge is -2.16. The molecule has 0 saturated carbocycles. The third-order valence-corrected chi connectivity index (χ3v) is 5.67. The number of amides is 1. The monoisotopic (exact) mass is 487 g/mol. The highest BCUT2D eigenvalue weighted by molar-refractivity contribution is 8.00. The van der Waals surface area contributed by atoms with Gasteiger partial charge in [0.2, 0.25) is 6.41 Å². The topological polar surface area (TPSA) is 120 Å². The fourth-order valence-electron chi connectivity index (χ4n) is 2.86. The lowest BCUT2D eigenvalue weighted by atomic mass is 10.1. The molecule has 0 bridgehead atoms. The van der Waals surface area contributed by atoms with Crippen molar-refractivity contribution < 1.29 is 9.18 Å². The molecule has 5 N–H and O–H groups in total. The quantitative estimate of drug-likeness (QED) is 0.188. The van der Waals surface area contributed by atoms with Crippen LogP contribution in [-0.2, 0) is 4.79 Å². The average molecular weight is 488 g/mol. The fourth-order valence-corrected chi connectivity index (χ4v) is 3.82. The zero-order valence-electron chi connectivity index (χ0n) is 18.0. The van der Waals surface area contributed by atoms with E-state index >= 15 is 0 Å². The minimum Gasteiger partial charge on any atom is -0.383 e. The Morgan fingerprint density at radius 1 is 1.27 bits per heavy atom. The van der Waals surface area contributed by atoms with Crippen molar-refractivity contribution in [2.45, 2.75) is 11.8 Å². The van der Waals surface area contributed by atoms with E-state index in [9.17, 15) is 9.18 Å². The predicted molar refractivity (Wildman–Crippen MR) is 132 cm³/mol. The van der Waals surface area contributed by atoms with E-state index in [1.807, 2.05) is 24.3 Å². The van der Waals surface area contributed by atoms with E-state index in [-0.39, 0.29) is 17.3 Å². The third kappa shape index (κ3) is 6.33. The van der Waals surface area contributed by atoms with Gasteiger partial charge in [0.25, 0.3) is 0 Å². The molecule has 0 saturated heterocycles. The Morgan fingerprint density at radius 2 is 2.00 bits per heavy atom. The first-order chi connectivity index (χ1) is 15.8. The number of nitrogens with one attached hydrogen (secondary N) is 3. The van der Waals surface area contributed by atoms with Crippen LogP contribution in [0.4, 0.5) is 21.7 Å². The van der Waals surface area contributed by atoms with Crippen LogP contribution >= 0.6 is 23.5 Å². The first-order valence-corrected chi connectivity index (χ1v) is 11.1. The molecule has 172 valence electrons. The van der Waals surface area contributed by atoms with E-state index in [2.05, 4.69) is 20.0 Å². The molecule has 0 aliphatic rings. The summed E-state index contributed by atoms with van der Waals surface area (Å²) in [6.45, 7) is 2.51. The van der Waals surface area contributed by atoms with Crippen LogP contribution in [0, 0.1) is 11.2 Å². The number of hydrogen-bond donors (Lipinski definition) is 4. The second-order valence-electron chi connectivity index (χ2n) is 7.15. The van der Waals surface area contributed by atoms with Crippen molar-refractivity contribution in [3.63, 3.8) is 0 Å². The fraction of sp³-hybridized carbons (Fsp3) is 0.182. The summed E-state index contributed by atoms with van der Waals surface area (Å²) in [5.41, 5.74) is 8.24. The summed E-state index contributed by atoms with van der Waals surface area (Å²) >= 11 is 7.05. The van der Waals surface area contributed by atoms with Crippen LogP contribution in [0.3, 0.4) is 0 Å². The van der Waals surface area contributed by atoms with Crippen molar-refractivity contribution in [2.24, 2.45) is 0 Å². The summed E-state index contributed by atoms with van der Waals surface area (Å²) in [4.78, 5) is 21.6. The zero-order valence-corrected chi connectivity index (χ0v) is 19.6. The molecule has 0 radical (unpaired) electrons. The van der Waals surface area contributed by atoms with Crippen molar-refractivity contribution in [1.29, 1.82) is 5.41 Å². The van der Waals surface area contributed by atoms with E-state index in [1.54, 1.807) is 20.0 Å². The van der Waals surface area contributed by atoms with Crippen molar-refractivity contribution in [2.75, 3.05) is 35.9 Å². The molecule has 11 heteroatoms. The standard InChI is InChI=1S/C22H23ClFN7OS/c1-13(25)19-20(26)28-21(29-22(19)27-9-10-31(2)12-32)14-3-6-16(7-4-14)30-33-18-11-15(23)5-8-17(18)24/h3-8,11-12,25,30H,9-10H2,1-2H3,(H3,26,27,28,29). The minimum atomic E-state index is -0.363. The van der Waals surface area contributed by atoms with Crippen molar-refractivity contribution in [1.82, 2.24) is 14.9 Å². The van der Waals surface area contributed by atoms with Crippen molar-refractivity contribution in [3.05, 3.63) is 58.9 Å². The molecule has 0 atom stereocenters. The van der Waals surface area contributed by atoms with E-state index in [4.69, 9.17) is 22.7 Å². The smallest absolute Gasteiger partial charge is 0.209 e. The van der Waals surface area contributed by atoms with Gasteiger partial charge in [-0.3, -0.25) is 4.79 Å². The van der Waals surface area contributed by atoms with Crippen LogP contribution in [0.2, 0.25) is 5.02 Å². The van der Waals surface area contributed by atoms with Gasteiger partial charge < -0.3 is 26.1 Å². The predicted octanol–water partition coefficient (Wildman–Crippen LogP) is 4.53. The Morgan fingerprint density at radius 3 is 2.67 bits per heavy atom. The lowest BCUT2D eigenvalue weighted by molar-refractivity contribution is -0.116. The number of likely N-dealkylation sites (N-methyl/N-ethyl adjacent to an activating group) is 1. The molecule has 33 heavy (non-hydrogen) atoms. The molecule has 0 unspecified atom stereocenters. The molecule has 0 fully saturated rings. The van der Waals surface area contributed by atoms with E-state index in [0.717, 1.165) is 24.0 Å². The summed E-state index contributed by atoms with van der Waals surface area (Å²) in [6.07, 6.45) is 0.735. The van der Waals surface area contributed by atoms with Gasteiger partial charge in [0, 0.05) is 42.1 Å². The highest BCUT2D eigenvalue weighted by atomic mass is 35.5. The van der Waals surface area contributed by atoms with Gasteiger partial charge in [-0.15, -0.1) is 0 Å². The Bertz CT molecular complexity index is 1160. The van der Waals surface area contributed by atoms with Gasteiger partial charge in [0.1, 0.15) is 17.5 Å². The zero-order chi connectivity index (χ0) is 24.0. The van der Waals surface area contributed by atoms with Gasteiger partial charge in [-0.2, -0.15) is 0 Å². The van der Waals surface area contributed by atoms with Crippen LogP contribution in [0.5, 0.6) is 0 Å². The Labute approximate surface area is 200 Å². The summed E-state index contributed by atoms with van der Waals surface area (Å²) in [5, 5.41) is 11.6. The number of carbonyl (C=O) groups is 1. The summed E-state index contributed by atoms with van der Waals surface area (Å²) in [7, 11) is 1.67. The molecular weight excluding hydrogens is 465 g/mol. The van der Waals surface area contributed by atoms with E-state index in [1.165, 1.54) is 17.0 Å². The number of hydrogen-bond acceptors (Lipinski definition) is 8. The van der Waals surface area contributed by atoms with Gasteiger partial charge in [0.05, 0.1) is 10.5 Å². The van der Waals surface area contributed by atoms with Gasteiger partial charge in [0.15, 0.2) is 5.82 Å². The summed E-state index contributed by atoms with van der Waals surface area (Å²) in [5.74, 6) is 0.647. The summed E-state index contributed by atoms with van der Waals surface area (Å²) < 4.78 is 17.0. The second-order valence-corrected chi connectivity index (χ2v) is 8.43. The van der Waals surface area contributed by atoms with Gasteiger partial charge in [-0.25, -0.2) is 14.4 Å². The molecule has 1 heterocycles. The van der Waals surface area contributed by atoms with Gasteiger partial charge in [-0.05, 0) is 61.3 Å². The van der Waals surface area contributed by atoms with Gasteiger partial charge in [-0.1, -0.05) is 11.6 Å². The maximum atomic E-state index is 13.9. The molecule has 1 amide bonds. The molecule has 0 spiro atoms. The minimum absolute atomic E-state index is 0.188. The van der Waals surface area contributed by atoms with E-state index in [0.29, 0.717) is 45.8 Å². The van der Waals surface area contributed by atoms with Crippen LogP contribution in [-0.4, -0.2) is 47.1 Å². The number of nitrogen functional groups attached to an aromatic ring is 1. The largest absolute Gasteiger partial charge is 0.383 e. The van der Waals surface area contributed by atoms with Crippen LogP contribution in [0.1, 0.15) is 12.5 Å². The number of benzene rings is 2. The SMILES string of the molecule is CC(=N)c1c(N)nc(-c2ccc(NSc3cc(Cl)ccc3F)cc2)nc1NCCN(C)C=O. The van der Waals surface area contributed by atoms with E-state index < -0.39 is 0 Å². The Balaban J connectivity index is 1.78. The molecule has 0 aliphatic heterocycles. The van der Waals surface area contributed by atoms with Crippen LogP contribution < -0.4 is 15.8 Å². The lowest BCUT2D eigenvalue weighted by Crippen LogP contribution is -2.24. The van der Waals surface area contributed by atoms with Crippen molar-refractivity contribution >= 4 is 53.0 Å². The molecule has 8 nitrogen and oxygen atoms in total. The number of nitrogens with zero attached hydrogens (tertiary/aromatic N) is 3.